The highest BCUT2D eigenvalue weighted by molar-refractivity contribution is 7.89. The van der Waals surface area contributed by atoms with Gasteiger partial charge in [-0.1, -0.05) is 19.9 Å². The molecule has 148 valence electrons. The van der Waals surface area contributed by atoms with Crippen LogP contribution in [0, 0.1) is 0 Å². The molecule has 0 radical (unpaired) electrons. The van der Waals surface area contributed by atoms with Gasteiger partial charge in [0.2, 0.25) is 10.0 Å². The lowest BCUT2D eigenvalue weighted by Crippen LogP contribution is -3.06. The summed E-state index contributed by atoms with van der Waals surface area (Å²) in [4.78, 5) is 15.1. The number of nitrogens with one attached hydrogen (secondary N) is 2. The summed E-state index contributed by atoms with van der Waals surface area (Å²) >= 11 is 1.67. The van der Waals surface area contributed by atoms with Crippen molar-refractivity contribution in [2.24, 2.45) is 0 Å². The van der Waals surface area contributed by atoms with Crippen LogP contribution in [-0.2, 0) is 10.0 Å². The molecule has 1 amide bonds. The number of quaternary nitrogens is 1. The van der Waals surface area contributed by atoms with Crippen LogP contribution in [0.4, 0.5) is 0 Å². The van der Waals surface area contributed by atoms with Gasteiger partial charge in [0.1, 0.15) is 6.04 Å². The Labute approximate surface area is 165 Å². The summed E-state index contributed by atoms with van der Waals surface area (Å²) in [6.45, 7) is 4.95. The molecular weight excluding hydrogens is 382 g/mol. The maximum absolute atomic E-state index is 12.5. The highest BCUT2D eigenvalue weighted by Crippen LogP contribution is 2.17. The van der Waals surface area contributed by atoms with Gasteiger partial charge in [0, 0.05) is 18.7 Å². The Morgan fingerprint density at radius 1 is 1.15 bits per heavy atom. The zero-order valence-corrected chi connectivity index (χ0v) is 17.9. The lowest BCUT2D eigenvalue weighted by atomic mass is 10.2. The predicted molar refractivity (Wildman–Crippen MR) is 109 cm³/mol. The van der Waals surface area contributed by atoms with Crippen LogP contribution in [0.25, 0.3) is 0 Å². The quantitative estimate of drug-likeness (QED) is 0.656. The van der Waals surface area contributed by atoms with Crippen LogP contribution in [-0.4, -0.2) is 52.4 Å². The Kier molecular flexibility index (Phi) is 7.55. The third kappa shape index (κ3) is 5.16. The zero-order chi connectivity index (χ0) is 20.0. The van der Waals surface area contributed by atoms with E-state index in [0.29, 0.717) is 25.2 Å². The largest absolute Gasteiger partial charge is 0.346 e. The molecule has 1 atom stereocenters. The van der Waals surface area contributed by atoms with Gasteiger partial charge in [0.15, 0.2) is 0 Å². The Bertz CT molecular complexity index is 828. The molecule has 2 N–H and O–H groups in total. The summed E-state index contributed by atoms with van der Waals surface area (Å²) in [7, 11) is 0.607. The number of thiophene rings is 1. The third-order valence-corrected chi connectivity index (χ3v) is 7.56. The van der Waals surface area contributed by atoms with Gasteiger partial charge in [-0.15, -0.1) is 11.3 Å². The van der Waals surface area contributed by atoms with Crippen LogP contribution in [0.2, 0.25) is 0 Å². The van der Waals surface area contributed by atoms with Crippen molar-refractivity contribution in [3.05, 3.63) is 52.2 Å². The normalized spacial score (nSPS) is 13.1. The van der Waals surface area contributed by atoms with Crippen LogP contribution in [0.15, 0.2) is 46.7 Å². The number of amides is 1. The summed E-state index contributed by atoms with van der Waals surface area (Å²) in [6.07, 6.45) is 0. The number of carbonyl (C=O) groups is 1. The fourth-order valence-corrected chi connectivity index (χ4v) is 5.28. The molecule has 0 fully saturated rings. The summed E-state index contributed by atoms with van der Waals surface area (Å²) in [5.74, 6) is -0.204. The number of sulfonamides is 1. The van der Waals surface area contributed by atoms with Crippen molar-refractivity contribution in [3.63, 3.8) is 0 Å². The van der Waals surface area contributed by atoms with Crippen LogP contribution in [0.3, 0.4) is 0 Å². The second-order valence-corrected chi connectivity index (χ2v) is 9.39. The first-order chi connectivity index (χ1) is 12.8. The molecule has 2 aromatic rings. The molecular formula is C19H28N3O3S2+. The van der Waals surface area contributed by atoms with E-state index in [1.54, 1.807) is 37.3 Å². The molecule has 6 nitrogen and oxygen atoms in total. The van der Waals surface area contributed by atoms with Crippen molar-refractivity contribution in [1.29, 1.82) is 0 Å². The fourth-order valence-electron chi connectivity index (χ4n) is 2.87. The van der Waals surface area contributed by atoms with E-state index in [0.717, 1.165) is 0 Å². The van der Waals surface area contributed by atoms with Crippen molar-refractivity contribution < 1.29 is 18.1 Å². The number of likely N-dealkylation sites (N-methyl/N-ethyl adjacent to an activating group) is 1. The summed E-state index contributed by atoms with van der Waals surface area (Å²) in [6, 6.07) is 10.4. The van der Waals surface area contributed by atoms with E-state index in [1.807, 2.05) is 11.4 Å². The number of hydrogen-bond acceptors (Lipinski definition) is 4. The second-order valence-electron chi connectivity index (χ2n) is 6.47. The minimum absolute atomic E-state index is 0.177. The lowest BCUT2D eigenvalue weighted by Gasteiger charge is -2.21. The van der Waals surface area contributed by atoms with Crippen LogP contribution >= 0.6 is 11.3 Å². The first-order valence-electron chi connectivity index (χ1n) is 9.03. The van der Waals surface area contributed by atoms with E-state index in [9.17, 15) is 13.2 Å². The van der Waals surface area contributed by atoms with Crippen LogP contribution in [0.1, 0.15) is 35.1 Å². The van der Waals surface area contributed by atoms with Gasteiger partial charge >= 0.3 is 0 Å². The minimum atomic E-state index is -3.51. The van der Waals surface area contributed by atoms with E-state index in [1.165, 1.54) is 26.2 Å². The molecule has 0 aliphatic carbocycles. The van der Waals surface area contributed by atoms with Gasteiger partial charge < -0.3 is 10.2 Å². The smallest absolute Gasteiger partial charge is 0.251 e. The van der Waals surface area contributed by atoms with Crippen molar-refractivity contribution >= 4 is 27.3 Å². The molecule has 27 heavy (non-hydrogen) atoms. The predicted octanol–water partition coefficient (Wildman–Crippen LogP) is 1.39. The summed E-state index contributed by atoms with van der Waals surface area (Å²) in [5, 5.41) is 4.99. The first kappa shape index (κ1) is 21.6. The second kappa shape index (κ2) is 9.45. The van der Waals surface area contributed by atoms with E-state index in [4.69, 9.17) is 0 Å². The van der Waals surface area contributed by atoms with Gasteiger partial charge in [0.05, 0.1) is 30.4 Å². The maximum Gasteiger partial charge on any atom is 0.251 e. The van der Waals surface area contributed by atoms with Gasteiger partial charge in [-0.2, -0.15) is 4.31 Å². The summed E-state index contributed by atoms with van der Waals surface area (Å²) in [5.41, 5.74) is 0.451. The van der Waals surface area contributed by atoms with E-state index in [2.05, 4.69) is 25.5 Å². The number of rotatable bonds is 9. The molecule has 2 rings (SSSR count). The van der Waals surface area contributed by atoms with Crippen LogP contribution < -0.4 is 10.2 Å². The molecule has 0 spiro atoms. The van der Waals surface area contributed by atoms with Crippen molar-refractivity contribution in [3.8, 4) is 0 Å². The maximum atomic E-state index is 12.5. The third-order valence-electron chi connectivity index (χ3n) is 4.51. The zero-order valence-electron chi connectivity index (χ0n) is 16.2. The molecule has 0 bridgehead atoms. The van der Waals surface area contributed by atoms with Gasteiger partial charge in [-0.25, -0.2) is 8.42 Å². The molecule has 1 aromatic carbocycles. The molecule has 0 aliphatic heterocycles. The molecule has 0 unspecified atom stereocenters. The van der Waals surface area contributed by atoms with E-state index >= 15 is 0 Å². The fraction of sp³-hybridized carbons (Fsp3) is 0.421. The highest BCUT2D eigenvalue weighted by Gasteiger charge is 2.23. The highest BCUT2D eigenvalue weighted by atomic mass is 32.2. The molecule has 8 heteroatoms. The van der Waals surface area contributed by atoms with Crippen molar-refractivity contribution in [2.45, 2.75) is 24.8 Å². The minimum Gasteiger partial charge on any atom is -0.346 e. The average molecular weight is 411 g/mol. The Hall–Kier alpha value is -1.74. The molecule has 1 aromatic heterocycles. The SMILES string of the molecule is CCN(CC)S(=O)(=O)c1ccc(C(=O)NC[C@H](c2cccs2)[NH+](C)C)cc1. The van der Waals surface area contributed by atoms with Crippen molar-refractivity contribution in [1.82, 2.24) is 9.62 Å². The molecule has 0 saturated heterocycles. The van der Waals surface area contributed by atoms with Gasteiger partial charge in [-0.3, -0.25) is 4.79 Å². The number of carbonyl (C=O) groups excluding carboxylic acids is 1. The first-order valence-corrected chi connectivity index (χ1v) is 11.3. The van der Waals surface area contributed by atoms with E-state index in [-0.39, 0.29) is 16.8 Å². The topological polar surface area (TPSA) is 70.9 Å². The number of hydrogen-bond donors (Lipinski definition) is 2. The van der Waals surface area contributed by atoms with E-state index < -0.39 is 10.0 Å². The Morgan fingerprint density at radius 2 is 1.78 bits per heavy atom. The van der Waals surface area contributed by atoms with Crippen molar-refractivity contribution in [2.75, 3.05) is 33.7 Å². The van der Waals surface area contributed by atoms with Gasteiger partial charge in [0.25, 0.3) is 5.91 Å². The molecule has 1 heterocycles. The standard InChI is InChI=1S/C19H27N3O3S2/c1-5-22(6-2)27(24,25)16-11-9-15(10-12-16)19(23)20-14-17(21(3)4)18-8-7-13-26-18/h7-13,17H,5-6,14H2,1-4H3,(H,20,23)/p+1/t17-/m1/s1. The molecule has 0 aliphatic rings. The van der Waals surface area contributed by atoms with Gasteiger partial charge in [-0.05, 0) is 35.7 Å². The Balaban J connectivity index is 2.07. The number of nitrogens with zero attached hydrogens (tertiary/aromatic N) is 1. The molecule has 0 saturated carbocycles. The summed E-state index contributed by atoms with van der Waals surface area (Å²) < 4.78 is 26.4. The average Bonchev–Trinajstić information content (AvgIpc) is 3.16. The van der Waals surface area contributed by atoms with Crippen LogP contribution in [0.5, 0.6) is 0 Å². The Morgan fingerprint density at radius 3 is 2.26 bits per heavy atom. The number of benzene rings is 1. The lowest BCUT2D eigenvalue weighted by molar-refractivity contribution is -0.890. The monoisotopic (exact) mass is 410 g/mol.